The van der Waals surface area contributed by atoms with Gasteiger partial charge < -0.3 is 58.7 Å². The van der Waals surface area contributed by atoms with Gasteiger partial charge in [-0.1, -0.05) is 34.5 Å². The molecule has 0 N–H and O–H groups in total. The normalized spacial score (nSPS) is 17.0. The van der Waals surface area contributed by atoms with E-state index in [1.165, 1.54) is 6.38 Å². The van der Waals surface area contributed by atoms with E-state index in [0.29, 0.717) is 0 Å². The van der Waals surface area contributed by atoms with Gasteiger partial charge >= 0.3 is 97.3 Å². The molecule has 0 saturated heterocycles. The van der Waals surface area contributed by atoms with Crippen LogP contribution < -0.4 is 58.7 Å². The Morgan fingerprint density at radius 3 is 0.429 bits per heavy atom. The van der Waals surface area contributed by atoms with Crippen molar-refractivity contribution >= 4 is 109 Å². The summed E-state index contributed by atoms with van der Waals surface area (Å²) in [5.41, 5.74) is 0. The first kappa shape index (κ1) is 70.1. The third kappa shape index (κ3) is 66.5. The molecule has 0 aliphatic rings. The van der Waals surface area contributed by atoms with Gasteiger partial charge in [0.1, 0.15) is 0 Å². The second-order valence-corrected chi connectivity index (χ2v) is 16.6. The second-order valence-electron chi connectivity index (χ2n) is 4.23. The van der Waals surface area contributed by atoms with Gasteiger partial charge in [0.25, 0.3) is 0 Å². The van der Waals surface area contributed by atoms with Gasteiger partial charge in [0.15, 0.2) is 0 Å². The van der Waals surface area contributed by atoms with Crippen molar-refractivity contribution in [1.82, 2.24) is 0 Å². The fraction of sp³-hybridized carbons (Fsp3) is 1.00. The Kier molecular flexibility index (Phi) is 52.8. The first-order chi connectivity index (χ1) is 20.3. The fourth-order valence-corrected chi connectivity index (χ4v) is 7.49. The molecule has 0 amide bonds. The van der Waals surface area contributed by atoms with Gasteiger partial charge in [0.2, 0.25) is 0 Å². The van der Waals surface area contributed by atoms with Crippen LogP contribution in [0.2, 0.25) is 0 Å². The molecule has 49 heavy (non-hydrogen) atoms. The Labute approximate surface area is 324 Å². The maximum atomic E-state index is 10.1. The molecule has 32 nitrogen and oxygen atoms in total. The maximum Gasteiger partial charge on any atom is 0.496 e. The van der Waals surface area contributed by atoms with Crippen molar-refractivity contribution in [1.29, 1.82) is 0 Å². The summed E-state index contributed by atoms with van der Waals surface area (Å²) in [5, 5.41) is 0. The van der Waals surface area contributed by atoms with Crippen LogP contribution in [0.25, 0.3) is 0 Å². The van der Waals surface area contributed by atoms with Crippen LogP contribution in [0.15, 0.2) is 0 Å². The quantitative estimate of drug-likeness (QED) is 0.103. The molecule has 0 aliphatic heterocycles. The van der Waals surface area contributed by atoms with E-state index >= 15 is 0 Å². The van der Waals surface area contributed by atoms with Crippen LogP contribution in [-0.4, -0.2) is 6.38 Å². The monoisotopic (exact) mass is 1490 g/mol. The zero-order valence-corrected chi connectivity index (χ0v) is 41.3. The molecule has 0 aromatic rings. The molecule has 0 bridgehead atoms. The predicted molar refractivity (Wildman–Crippen MR) is 112 cm³/mol. The molecule has 48 heteroatoms. The van der Waals surface area contributed by atoms with E-state index in [4.69, 9.17) is 0 Å². The smallest absolute Gasteiger partial charge is 0.496 e. The number of halogens is 1. The third-order valence-electron chi connectivity index (χ3n) is 1.33. The molecule has 8 unspecified atom stereocenters. The first-order valence-corrected chi connectivity index (χ1v) is 23.0. The van der Waals surface area contributed by atoms with Crippen LogP contribution in [0.4, 0.5) is 0 Å². The third-order valence-corrected chi connectivity index (χ3v) is 12.0. The van der Waals surface area contributed by atoms with E-state index in [2.05, 4.69) is 46.1 Å². The van der Waals surface area contributed by atoms with Crippen LogP contribution in [0.3, 0.4) is 0 Å². The van der Waals surface area contributed by atoms with Crippen LogP contribution in [-0.2, 0) is 152 Å². The topological polar surface area (TPSA) is 555 Å². The molecule has 8 atom stereocenters. The minimum absolute atomic E-state index is 0. The molecule has 0 rings (SSSR count). The molecule has 0 spiro atoms. The molecule has 0 aromatic carbocycles. The molecule has 0 fully saturated rings. The molecular formula is CH3ClO32P12W3-4. The average Bonchev–Trinajstić information content (AvgIpc) is 2.68. The van der Waals surface area contributed by atoms with Crippen molar-refractivity contribution < 1.29 is 211 Å². The van der Waals surface area contributed by atoms with Crippen molar-refractivity contribution in [3.8, 4) is 0 Å². The summed E-state index contributed by atoms with van der Waals surface area (Å²) in [6.45, 7) is 0. The summed E-state index contributed by atoms with van der Waals surface area (Å²) in [6, 6.07) is 0. The van der Waals surface area contributed by atoms with Crippen LogP contribution >= 0.6 is 109 Å². The Bertz CT molecular complexity index is 1000. The van der Waals surface area contributed by atoms with E-state index in [1.807, 2.05) is 0 Å². The summed E-state index contributed by atoms with van der Waals surface area (Å²) >= 11 is 4.64. The Morgan fingerprint density at radius 2 is 0.388 bits per heavy atom. The molecular weight excluding hydrogens is 1480 g/mol. The minimum Gasteiger partial charge on any atom is -0.750 e. The van der Waals surface area contributed by atoms with E-state index in [9.17, 15) is 114 Å². The molecule has 0 saturated carbocycles. The summed E-state index contributed by atoms with van der Waals surface area (Å²) in [6.07, 6.45) is 1.47. The Morgan fingerprint density at radius 1 is 0.327 bits per heavy atom. The van der Waals surface area contributed by atoms with Crippen molar-refractivity contribution in [3.05, 3.63) is 0 Å². The molecule has 288 valence electrons. The Hall–Kier alpha value is 3.27. The van der Waals surface area contributed by atoms with Gasteiger partial charge in [-0.15, -0.1) is 11.6 Å². The summed E-state index contributed by atoms with van der Waals surface area (Å²) in [4.78, 5) is 117. The van der Waals surface area contributed by atoms with Gasteiger partial charge in [0, 0.05) is 69.6 Å². The average molecular weight is 1490 g/mol. The number of alkyl halides is 1. The summed E-state index contributed by atoms with van der Waals surface area (Å²) in [5.74, 6) is 0. The van der Waals surface area contributed by atoms with Crippen molar-refractivity contribution in [2.24, 2.45) is 0 Å². The van der Waals surface area contributed by atoms with Gasteiger partial charge in [-0.2, -0.15) is 0 Å². The summed E-state index contributed by atoms with van der Waals surface area (Å²) < 4.78 is 142. The molecule has 0 aliphatic carbocycles. The van der Waals surface area contributed by atoms with Crippen LogP contribution in [0, 0.1) is 0 Å². The fourth-order valence-electron chi connectivity index (χ4n) is 0.713. The number of rotatable bonds is 16. The van der Waals surface area contributed by atoms with E-state index in [1.54, 1.807) is 0 Å². The number of hydrogen-bond acceptors (Lipinski definition) is 32. The largest absolute Gasteiger partial charge is 0.750 e. The van der Waals surface area contributed by atoms with Crippen molar-refractivity contribution in [3.63, 3.8) is 0 Å². The number of phosphoric acid groups is 4. The minimum atomic E-state index is -5.25. The van der Waals surface area contributed by atoms with Gasteiger partial charge in [-0.25, -0.2) is 0 Å². The van der Waals surface area contributed by atoms with Crippen LogP contribution in [0.1, 0.15) is 0 Å². The Balaban J connectivity index is -0.0000000734. The molecule has 0 heterocycles. The van der Waals surface area contributed by atoms with E-state index in [-0.39, 0.29) is 63.2 Å². The maximum absolute atomic E-state index is 10.1. The molecule has 0 aromatic heterocycles. The van der Waals surface area contributed by atoms with Gasteiger partial charge in [-0.3, -0.25) is 18.3 Å². The van der Waals surface area contributed by atoms with E-state index in [0.717, 1.165) is 0 Å². The van der Waals surface area contributed by atoms with E-state index < -0.39 is 97.3 Å². The van der Waals surface area contributed by atoms with Crippen LogP contribution in [0.5, 0.6) is 0 Å². The van der Waals surface area contributed by atoms with Gasteiger partial charge in [0.05, 0.1) is 0 Å². The summed E-state index contributed by atoms with van der Waals surface area (Å²) in [7, 11) is -50.5. The zero-order chi connectivity index (χ0) is 38.3. The zero-order valence-electron chi connectivity index (χ0n) is 21.0. The predicted octanol–water partition coefficient (Wildman–Crippen LogP) is -5.06. The number of hydrogen-bond donors (Lipinski definition) is 0. The SMILES string of the molecule is CCl.O=[P+]([O-])OP(=O)([O-])O[P+](=O)[O-].O=[P+]([O-])OP(=O)([O-])O[P+](=O)[O-].O=[P+]([O-])OP(=O)([O-])O[P+](=O)[O-].O=[P+]([O-])OP(=O)([O-])O[P+](=O)[O-].[W].[W].[W]. The first-order valence-electron chi connectivity index (χ1n) is 7.68. The second kappa shape index (κ2) is 36.9. The standard InChI is InChI=1S/CH3Cl.4HO8P3.3W/c1-2;4*1-9(2)7-11(5,6)8-10(3)4;;;/h1H3;4*(H,5,6);;;/p-4. The van der Waals surface area contributed by atoms with Crippen molar-refractivity contribution in [2.45, 2.75) is 0 Å². The van der Waals surface area contributed by atoms with Crippen molar-refractivity contribution in [2.75, 3.05) is 6.38 Å². The van der Waals surface area contributed by atoms with Gasteiger partial charge in [-0.05, 0) is 36.5 Å². The molecule has 0 radical (unpaired) electrons.